The summed E-state index contributed by atoms with van der Waals surface area (Å²) in [5.74, 6) is 0.718. The van der Waals surface area contributed by atoms with Crippen LogP contribution in [-0.4, -0.2) is 66.6 Å². The minimum absolute atomic E-state index is 0.110. The van der Waals surface area contributed by atoms with Gasteiger partial charge in [0.15, 0.2) is 0 Å². The highest BCUT2D eigenvalue weighted by Gasteiger charge is 2.51. The maximum Gasteiger partial charge on any atom is 0.270 e. The molecule has 128 valence electrons. The van der Waals surface area contributed by atoms with Gasteiger partial charge in [-0.25, -0.2) is 0 Å². The third kappa shape index (κ3) is 2.52. The number of hydrogen-bond donors (Lipinski definition) is 1. The minimum atomic E-state index is 0.110. The predicted molar refractivity (Wildman–Crippen MR) is 94.2 cm³/mol. The molecule has 0 unspecified atom stereocenters. The minimum Gasteiger partial charge on any atom is -0.384 e. The SMILES string of the molecule is COC[C@@H]1CCN(C)C2(C1)CN(C(=O)c1cc3ccccc3[nH]1)C2. The molecule has 0 bridgehead atoms. The van der Waals surface area contributed by atoms with Crippen LogP contribution in [0.1, 0.15) is 23.3 Å². The van der Waals surface area contributed by atoms with Crippen LogP contribution in [0.5, 0.6) is 0 Å². The number of aromatic amines is 1. The fraction of sp³-hybridized carbons (Fsp3) is 0.526. The molecule has 2 aliphatic heterocycles. The first-order valence-electron chi connectivity index (χ1n) is 8.68. The Hall–Kier alpha value is -1.85. The number of likely N-dealkylation sites (tertiary alicyclic amines) is 2. The van der Waals surface area contributed by atoms with E-state index in [-0.39, 0.29) is 11.4 Å². The number of nitrogens with zero attached hydrogens (tertiary/aromatic N) is 2. The van der Waals surface area contributed by atoms with Gasteiger partial charge in [-0.15, -0.1) is 0 Å². The Bertz CT molecular complexity index is 715. The van der Waals surface area contributed by atoms with Crippen LogP contribution in [0.3, 0.4) is 0 Å². The number of piperidine rings is 1. The first-order valence-corrected chi connectivity index (χ1v) is 8.68. The van der Waals surface area contributed by atoms with Crippen molar-refractivity contribution in [2.45, 2.75) is 18.4 Å². The normalized spacial score (nSPS) is 23.6. The highest BCUT2D eigenvalue weighted by molar-refractivity contribution is 5.98. The molecule has 1 amide bonds. The summed E-state index contributed by atoms with van der Waals surface area (Å²) in [5.41, 5.74) is 1.85. The Morgan fingerprint density at radius 3 is 2.92 bits per heavy atom. The first kappa shape index (κ1) is 15.7. The Morgan fingerprint density at radius 1 is 1.38 bits per heavy atom. The molecule has 0 aliphatic carbocycles. The average Bonchev–Trinajstić information content (AvgIpc) is 2.98. The summed E-state index contributed by atoms with van der Waals surface area (Å²) in [5, 5.41) is 1.09. The number of carbonyl (C=O) groups is 1. The van der Waals surface area contributed by atoms with Crippen LogP contribution in [0.25, 0.3) is 10.9 Å². The standard InChI is InChI=1S/C19H25N3O2/c1-21-8-7-14(11-24-2)10-19(21)12-22(13-19)18(23)17-9-15-5-3-4-6-16(15)20-17/h3-6,9,14,20H,7-8,10-13H2,1-2H3/t14-/m1/s1. The molecule has 2 fully saturated rings. The van der Waals surface area contributed by atoms with Crippen molar-refractivity contribution >= 4 is 16.8 Å². The molecule has 2 aromatic rings. The smallest absolute Gasteiger partial charge is 0.270 e. The summed E-state index contributed by atoms with van der Waals surface area (Å²) in [4.78, 5) is 20.4. The summed E-state index contributed by atoms with van der Waals surface area (Å²) in [7, 11) is 3.96. The van der Waals surface area contributed by atoms with Gasteiger partial charge in [-0.1, -0.05) is 18.2 Å². The fourth-order valence-corrected chi connectivity index (χ4v) is 4.32. The van der Waals surface area contributed by atoms with Gasteiger partial charge in [-0.05, 0) is 44.5 Å². The molecule has 3 heterocycles. The summed E-state index contributed by atoms with van der Waals surface area (Å²) in [6.07, 6.45) is 2.30. The van der Waals surface area contributed by atoms with Gasteiger partial charge in [-0.3, -0.25) is 9.69 Å². The molecule has 5 heteroatoms. The van der Waals surface area contributed by atoms with Gasteiger partial charge in [0, 0.05) is 37.7 Å². The lowest BCUT2D eigenvalue weighted by Gasteiger charge is -2.58. The second-order valence-electron chi connectivity index (χ2n) is 7.39. The van der Waals surface area contributed by atoms with E-state index in [1.54, 1.807) is 7.11 Å². The van der Waals surface area contributed by atoms with Gasteiger partial charge >= 0.3 is 0 Å². The number of aromatic nitrogens is 1. The van der Waals surface area contributed by atoms with Crippen molar-refractivity contribution in [3.05, 3.63) is 36.0 Å². The van der Waals surface area contributed by atoms with Crippen molar-refractivity contribution in [3.63, 3.8) is 0 Å². The second kappa shape index (κ2) is 5.90. The first-order chi connectivity index (χ1) is 11.6. The number of benzene rings is 1. The second-order valence-corrected chi connectivity index (χ2v) is 7.39. The lowest BCUT2D eigenvalue weighted by Crippen LogP contribution is -2.72. The monoisotopic (exact) mass is 327 g/mol. The zero-order chi connectivity index (χ0) is 16.7. The summed E-state index contributed by atoms with van der Waals surface area (Å²) in [6.45, 7) is 3.55. The molecule has 2 aliphatic rings. The van der Waals surface area contributed by atoms with Gasteiger partial charge in [0.05, 0.1) is 5.54 Å². The number of H-pyrrole nitrogens is 1. The van der Waals surface area contributed by atoms with Crippen molar-refractivity contribution in [1.29, 1.82) is 0 Å². The molecule has 24 heavy (non-hydrogen) atoms. The van der Waals surface area contributed by atoms with E-state index in [2.05, 4.69) is 16.9 Å². The van der Waals surface area contributed by atoms with Gasteiger partial charge in [0.25, 0.3) is 5.91 Å². The Morgan fingerprint density at radius 2 is 2.17 bits per heavy atom. The number of amides is 1. The molecule has 1 aromatic carbocycles. The molecular formula is C19H25N3O2. The van der Waals surface area contributed by atoms with Crippen LogP contribution in [0.4, 0.5) is 0 Å². The molecule has 1 aromatic heterocycles. The predicted octanol–water partition coefficient (Wildman–Crippen LogP) is 2.35. The molecule has 4 rings (SSSR count). The molecule has 0 saturated carbocycles. The molecule has 2 saturated heterocycles. The van der Waals surface area contributed by atoms with Crippen LogP contribution in [0.15, 0.2) is 30.3 Å². The van der Waals surface area contributed by atoms with Crippen LogP contribution < -0.4 is 0 Å². The van der Waals surface area contributed by atoms with Crippen LogP contribution in [0.2, 0.25) is 0 Å². The number of nitrogens with one attached hydrogen (secondary N) is 1. The van der Waals surface area contributed by atoms with Gasteiger partial charge in [0.1, 0.15) is 5.69 Å². The fourth-order valence-electron chi connectivity index (χ4n) is 4.32. The van der Waals surface area contributed by atoms with Crippen molar-refractivity contribution in [2.75, 3.05) is 40.4 Å². The van der Waals surface area contributed by atoms with Crippen molar-refractivity contribution in [3.8, 4) is 0 Å². The van der Waals surface area contributed by atoms with E-state index in [0.29, 0.717) is 11.6 Å². The zero-order valence-electron chi connectivity index (χ0n) is 14.4. The number of hydrogen-bond acceptors (Lipinski definition) is 3. The summed E-state index contributed by atoms with van der Waals surface area (Å²) in [6, 6.07) is 9.98. The van der Waals surface area contributed by atoms with Crippen LogP contribution in [0, 0.1) is 5.92 Å². The van der Waals surface area contributed by atoms with E-state index in [4.69, 9.17) is 4.74 Å². The maximum atomic E-state index is 12.8. The summed E-state index contributed by atoms with van der Waals surface area (Å²) >= 11 is 0. The van der Waals surface area contributed by atoms with Gasteiger partial charge < -0.3 is 14.6 Å². The van der Waals surface area contributed by atoms with E-state index in [1.807, 2.05) is 35.2 Å². The molecule has 5 nitrogen and oxygen atoms in total. The maximum absolute atomic E-state index is 12.8. The number of fused-ring (bicyclic) bond motifs is 1. The third-order valence-electron chi connectivity index (χ3n) is 5.77. The molecule has 1 N–H and O–H groups in total. The van der Waals surface area contributed by atoms with E-state index in [0.717, 1.165) is 43.6 Å². The topological polar surface area (TPSA) is 48.6 Å². The number of likely N-dealkylation sites (N-methyl/N-ethyl adjacent to an activating group) is 1. The quantitative estimate of drug-likeness (QED) is 0.941. The number of para-hydroxylation sites is 1. The van der Waals surface area contributed by atoms with Crippen molar-refractivity contribution < 1.29 is 9.53 Å². The lowest BCUT2D eigenvalue weighted by atomic mass is 9.75. The molecule has 1 atom stereocenters. The van der Waals surface area contributed by atoms with Gasteiger partial charge in [0.2, 0.25) is 0 Å². The van der Waals surface area contributed by atoms with Gasteiger partial charge in [-0.2, -0.15) is 0 Å². The number of methoxy groups -OCH3 is 1. The lowest BCUT2D eigenvalue weighted by molar-refractivity contribution is -0.0732. The van der Waals surface area contributed by atoms with Crippen molar-refractivity contribution in [1.82, 2.24) is 14.8 Å². The number of ether oxygens (including phenoxy) is 1. The van der Waals surface area contributed by atoms with E-state index in [1.165, 1.54) is 6.42 Å². The third-order valence-corrected chi connectivity index (χ3v) is 5.77. The Kier molecular flexibility index (Phi) is 3.85. The van der Waals surface area contributed by atoms with Crippen LogP contribution in [-0.2, 0) is 4.74 Å². The molecule has 1 spiro atoms. The van der Waals surface area contributed by atoms with Crippen molar-refractivity contribution in [2.24, 2.45) is 5.92 Å². The number of carbonyl (C=O) groups excluding carboxylic acids is 1. The van der Waals surface area contributed by atoms with E-state index in [9.17, 15) is 4.79 Å². The van der Waals surface area contributed by atoms with Crippen LogP contribution >= 0.6 is 0 Å². The number of rotatable bonds is 3. The highest BCUT2D eigenvalue weighted by Crippen LogP contribution is 2.38. The Labute approximate surface area is 142 Å². The van der Waals surface area contributed by atoms with E-state index < -0.39 is 0 Å². The Balaban J connectivity index is 1.46. The largest absolute Gasteiger partial charge is 0.384 e. The zero-order valence-corrected chi connectivity index (χ0v) is 14.4. The van der Waals surface area contributed by atoms with E-state index >= 15 is 0 Å². The average molecular weight is 327 g/mol. The molecular weight excluding hydrogens is 302 g/mol. The highest BCUT2D eigenvalue weighted by atomic mass is 16.5. The summed E-state index contributed by atoms with van der Waals surface area (Å²) < 4.78 is 5.35. The molecule has 0 radical (unpaired) electrons.